The number of ether oxygens (including phenoxy) is 4. The lowest BCUT2D eigenvalue weighted by atomic mass is 9.57. The minimum Gasteiger partial charge on any atom is -0.444 e. The summed E-state index contributed by atoms with van der Waals surface area (Å²) in [6.45, 7) is 0.0395. The summed E-state index contributed by atoms with van der Waals surface area (Å²) in [5.41, 5.74) is 3.19. The molecular weight excluding hydrogens is 789 g/mol. The molecule has 12 heteroatoms. The monoisotopic (exact) mass is 846 g/mol. The normalized spacial score (nSPS) is 24.8. The lowest BCUT2D eigenvalue weighted by Crippen LogP contribution is -2.60. The van der Waals surface area contributed by atoms with Crippen molar-refractivity contribution in [2.24, 2.45) is 23.7 Å². The number of aliphatic hydroxyl groups is 2. The van der Waals surface area contributed by atoms with Crippen molar-refractivity contribution < 1.29 is 48.3 Å². The van der Waals surface area contributed by atoms with Crippen molar-refractivity contribution >= 4 is 24.4 Å². The van der Waals surface area contributed by atoms with Gasteiger partial charge in [-0.2, -0.15) is 0 Å². The molecule has 0 bridgehead atoms. The number of rotatable bonds is 12. The molecule has 328 valence electrons. The molecule has 62 heavy (non-hydrogen) atoms. The predicted molar refractivity (Wildman–Crippen MR) is 230 cm³/mol. The Morgan fingerprint density at radius 2 is 0.677 bits per heavy atom. The zero-order chi connectivity index (χ0) is 43.3. The third-order valence-corrected chi connectivity index (χ3v) is 13.0. The van der Waals surface area contributed by atoms with Gasteiger partial charge in [-0.3, -0.25) is 0 Å². The van der Waals surface area contributed by atoms with Crippen LogP contribution in [0.15, 0.2) is 121 Å². The Bertz CT molecular complexity index is 1770. The summed E-state index contributed by atoms with van der Waals surface area (Å²) in [5, 5.41) is 23.5. The molecule has 7 rings (SSSR count). The summed E-state index contributed by atoms with van der Waals surface area (Å²) in [4.78, 5) is 56.7. The molecule has 3 saturated carbocycles. The number of nitrogens with zero attached hydrogens (tertiary/aromatic N) is 2. The largest absolute Gasteiger partial charge is 0.444 e. The first kappa shape index (κ1) is 44.3. The van der Waals surface area contributed by atoms with Crippen molar-refractivity contribution in [1.29, 1.82) is 0 Å². The van der Waals surface area contributed by atoms with Gasteiger partial charge in [-0.05, 0) is 85.5 Å². The molecule has 12 nitrogen and oxygen atoms in total. The fraction of sp³-hybridized carbons (Fsp3) is 0.440. The fourth-order valence-electron chi connectivity index (χ4n) is 9.70. The highest BCUT2D eigenvalue weighted by molar-refractivity contribution is 5.89. The number of hydrogen-bond acceptors (Lipinski definition) is 10. The molecule has 0 spiro atoms. The molecule has 0 aliphatic heterocycles. The van der Waals surface area contributed by atoms with E-state index < -0.39 is 48.7 Å². The van der Waals surface area contributed by atoms with Gasteiger partial charge in [0.1, 0.15) is 26.4 Å². The topological polar surface area (TPSA) is 152 Å². The van der Waals surface area contributed by atoms with E-state index in [0.717, 1.165) is 44.9 Å². The third kappa shape index (κ3) is 11.4. The molecule has 4 atom stereocenters. The Morgan fingerprint density at radius 1 is 0.403 bits per heavy atom. The van der Waals surface area contributed by atoms with Crippen LogP contribution >= 0.6 is 0 Å². The Hall–Kier alpha value is -5.72. The van der Waals surface area contributed by atoms with Crippen LogP contribution in [-0.4, -0.2) is 68.7 Å². The molecule has 0 saturated heterocycles. The summed E-state index contributed by atoms with van der Waals surface area (Å²) in [6.07, 6.45) is 1.54. The number of benzene rings is 4. The Kier molecular flexibility index (Phi) is 15.6. The van der Waals surface area contributed by atoms with Crippen molar-refractivity contribution in [2.75, 3.05) is 0 Å². The third-order valence-electron chi connectivity index (χ3n) is 13.0. The van der Waals surface area contributed by atoms with Crippen LogP contribution in [0.1, 0.15) is 86.5 Å². The Labute approximate surface area is 363 Å². The maximum atomic E-state index is 13.6. The molecule has 4 aromatic rings. The van der Waals surface area contributed by atoms with Gasteiger partial charge in [-0.25, -0.2) is 29.0 Å². The lowest BCUT2D eigenvalue weighted by molar-refractivity contribution is -0.193. The highest BCUT2D eigenvalue weighted by atomic mass is 16.6. The van der Waals surface area contributed by atoms with Crippen LogP contribution in [0.25, 0.3) is 0 Å². The van der Waals surface area contributed by atoms with Crippen molar-refractivity contribution in [2.45, 2.75) is 115 Å². The lowest BCUT2D eigenvalue weighted by Gasteiger charge is -2.53. The zero-order valence-electron chi connectivity index (χ0n) is 35.1. The minimum atomic E-state index is -0.765. The average Bonchev–Trinajstić information content (AvgIpc) is 3.69. The molecule has 3 aliphatic rings. The van der Waals surface area contributed by atoms with Gasteiger partial charge in [0.25, 0.3) is 0 Å². The summed E-state index contributed by atoms with van der Waals surface area (Å²) < 4.78 is 22.6. The molecule has 4 aromatic carbocycles. The molecular formula is C50H58N2O10. The highest BCUT2D eigenvalue weighted by Gasteiger charge is 2.55. The number of imide groups is 2. The number of carbonyl (C=O) groups is 4. The van der Waals surface area contributed by atoms with Gasteiger partial charge in [0.15, 0.2) is 0 Å². The summed E-state index contributed by atoms with van der Waals surface area (Å²) >= 11 is 0. The van der Waals surface area contributed by atoms with E-state index in [2.05, 4.69) is 0 Å². The van der Waals surface area contributed by atoms with E-state index >= 15 is 0 Å². The van der Waals surface area contributed by atoms with Crippen molar-refractivity contribution in [1.82, 2.24) is 9.80 Å². The number of carbonyl (C=O) groups excluding carboxylic acids is 4. The van der Waals surface area contributed by atoms with E-state index in [-0.39, 0.29) is 50.1 Å². The second kappa shape index (κ2) is 21.9. The van der Waals surface area contributed by atoms with Gasteiger partial charge < -0.3 is 29.2 Å². The molecule has 0 radical (unpaired) electrons. The standard InChI is InChI=1S/C50H58N2O10/c53-45-43(39-23-13-25-41(29-27-39)51(47(55)59-31-35-15-5-1-6-16-35)48(56)60-32-36-17-7-2-8-18-36)46(54)44(45)40-24-14-26-42(30-28-40)52(49(57)61-33-37-19-9-3-10-20-37)50(58)62-34-38-21-11-4-12-22-38/h1-12,15-22,39-46,53-54H,13-14,23-34H2. The molecule has 3 fully saturated rings. The average molecular weight is 847 g/mol. The second-order valence-electron chi connectivity index (χ2n) is 16.9. The summed E-state index contributed by atoms with van der Waals surface area (Å²) in [7, 11) is 0. The van der Waals surface area contributed by atoms with Crippen LogP contribution in [-0.2, 0) is 45.4 Å². The molecule has 4 amide bonds. The number of hydrogen-bond donors (Lipinski definition) is 2. The molecule has 2 N–H and O–H groups in total. The van der Waals surface area contributed by atoms with Crippen LogP contribution in [0.3, 0.4) is 0 Å². The molecule has 4 unspecified atom stereocenters. The van der Waals surface area contributed by atoms with Gasteiger partial charge in [-0.1, -0.05) is 134 Å². The van der Waals surface area contributed by atoms with Gasteiger partial charge in [-0.15, -0.1) is 0 Å². The van der Waals surface area contributed by atoms with Crippen LogP contribution in [0, 0.1) is 23.7 Å². The van der Waals surface area contributed by atoms with E-state index in [1.807, 2.05) is 121 Å². The Balaban J connectivity index is 0.963. The first-order chi connectivity index (χ1) is 30.3. The first-order valence-corrected chi connectivity index (χ1v) is 22.0. The van der Waals surface area contributed by atoms with Crippen LogP contribution in [0.2, 0.25) is 0 Å². The first-order valence-electron chi connectivity index (χ1n) is 22.0. The molecule has 3 aliphatic carbocycles. The van der Waals surface area contributed by atoms with Gasteiger partial charge >= 0.3 is 24.4 Å². The maximum Gasteiger partial charge on any atom is 0.419 e. The number of aliphatic hydroxyl groups excluding tert-OH is 2. The van der Waals surface area contributed by atoms with Crippen LogP contribution in [0.5, 0.6) is 0 Å². The van der Waals surface area contributed by atoms with E-state index in [1.165, 1.54) is 0 Å². The molecule has 0 heterocycles. The van der Waals surface area contributed by atoms with E-state index in [9.17, 15) is 29.4 Å². The minimum absolute atomic E-state index is 0.00988. The molecule has 0 aromatic heterocycles. The maximum absolute atomic E-state index is 13.6. The van der Waals surface area contributed by atoms with Gasteiger partial charge in [0.2, 0.25) is 0 Å². The van der Waals surface area contributed by atoms with E-state index in [1.54, 1.807) is 0 Å². The van der Waals surface area contributed by atoms with E-state index in [0.29, 0.717) is 51.4 Å². The fourth-order valence-corrected chi connectivity index (χ4v) is 9.70. The predicted octanol–water partition coefficient (Wildman–Crippen LogP) is 9.80. The van der Waals surface area contributed by atoms with Crippen LogP contribution in [0.4, 0.5) is 19.2 Å². The van der Waals surface area contributed by atoms with Gasteiger partial charge in [0.05, 0.1) is 12.2 Å². The van der Waals surface area contributed by atoms with Crippen molar-refractivity contribution in [3.8, 4) is 0 Å². The van der Waals surface area contributed by atoms with E-state index in [4.69, 9.17) is 18.9 Å². The Morgan fingerprint density at radius 3 is 0.952 bits per heavy atom. The quantitative estimate of drug-likeness (QED) is 0.104. The van der Waals surface area contributed by atoms with Crippen LogP contribution < -0.4 is 0 Å². The smallest absolute Gasteiger partial charge is 0.419 e. The summed E-state index contributed by atoms with van der Waals surface area (Å²) in [5.74, 6) is -0.731. The van der Waals surface area contributed by atoms with Crippen molar-refractivity contribution in [3.63, 3.8) is 0 Å². The number of amides is 4. The van der Waals surface area contributed by atoms with Crippen molar-refractivity contribution in [3.05, 3.63) is 144 Å². The second-order valence-corrected chi connectivity index (χ2v) is 16.9. The SMILES string of the molecule is O=C(OCc1ccccc1)N(C(=O)OCc1ccccc1)C1CCCC(C2C(O)C(C3CCCC(N(C(=O)OCc4ccccc4)C(=O)OCc4ccccc4)CC3)C2O)CC1. The summed E-state index contributed by atoms with van der Waals surface area (Å²) in [6, 6.07) is 36.2. The van der Waals surface area contributed by atoms with Gasteiger partial charge in [0, 0.05) is 23.9 Å². The zero-order valence-corrected chi connectivity index (χ0v) is 35.1. The highest BCUT2D eigenvalue weighted by Crippen LogP contribution is 2.50.